The van der Waals surface area contributed by atoms with Crippen LogP contribution >= 0.6 is 11.9 Å². The van der Waals surface area contributed by atoms with Crippen molar-refractivity contribution in [2.45, 2.75) is 0 Å². The molecule has 0 saturated heterocycles. The molecule has 0 aromatic carbocycles. The van der Waals surface area contributed by atoms with E-state index in [-0.39, 0.29) is 0 Å². The van der Waals surface area contributed by atoms with Crippen molar-refractivity contribution in [3.8, 4) is 0 Å². The summed E-state index contributed by atoms with van der Waals surface area (Å²) in [7, 11) is 0. The molecular weight excluding hydrogens is 184 g/mol. The molecule has 0 bridgehead atoms. The van der Waals surface area contributed by atoms with E-state index in [0.717, 1.165) is 11.3 Å². The summed E-state index contributed by atoms with van der Waals surface area (Å²) in [5.74, 6) is 0.735. The number of fused-ring (bicyclic) bond motifs is 1. The van der Waals surface area contributed by atoms with Crippen LogP contribution in [0, 0.1) is 0 Å². The fourth-order valence-electron chi connectivity index (χ4n) is 1.00. The molecule has 0 spiro atoms. The van der Waals surface area contributed by atoms with E-state index in [1.165, 1.54) is 11.9 Å². The van der Waals surface area contributed by atoms with E-state index in [1.54, 1.807) is 12.4 Å². The molecule has 0 amide bonds. The molecule has 2 aromatic rings. The highest BCUT2D eigenvalue weighted by Gasteiger charge is 1.97. The Hall–Kier alpha value is -1.36. The minimum Gasteiger partial charge on any atom is -0.313 e. The molecule has 0 aliphatic carbocycles. The summed E-state index contributed by atoms with van der Waals surface area (Å²) in [6, 6.07) is 3.73. The highest BCUT2D eigenvalue weighted by molar-refractivity contribution is 7.99. The minimum atomic E-state index is 0.668. The number of rotatable bonds is 2. The van der Waals surface area contributed by atoms with Crippen molar-refractivity contribution in [1.29, 1.82) is 0 Å². The zero-order chi connectivity index (χ0) is 9.10. The Morgan fingerprint density at radius 2 is 2.31 bits per heavy atom. The summed E-state index contributed by atoms with van der Waals surface area (Å²) in [5.41, 5.74) is 1.48. The van der Waals surface area contributed by atoms with Gasteiger partial charge in [0.25, 0.3) is 0 Å². The van der Waals surface area contributed by atoms with Gasteiger partial charge in [0, 0.05) is 12.5 Å². The number of nitrogens with zero attached hydrogens (tertiary/aromatic N) is 3. The average molecular weight is 192 g/mol. The van der Waals surface area contributed by atoms with Crippen LogP contribution in [-0.2, 0) is 0 Å². The Kier molecular flexibility index (Phi) is 2.27. The van der Waals surface area contributed by atoms with Crippen LogP contribution < -0.4 is 4.72 Å². The molecule has 66 valence electrons. The van der Waals surface area contributed by atoms with Crippen LogP contribution in [0.2, 0.25) is 0 Å². The lowest BCUT2D eigenvalue weighted by Crippen LogP contribution is -1.93. The van der Waals surface area contributed by atoms with Crippen LogP contribution in [-0.4, -0.2) is 21.2 Å². The Bertz CT molecular complexity index is 418. The van der Waals surface area contributed by atoms with Gasteiger partial charge in [-0.25, -0.2) is 15.0 Å². The Morgan fingerprint density at radius 3 is 3.15 bits per heavy atom. The summed E-state index contributed by atoms with van der Waals surface area (Å²) in [6.07, 6.45) is 5.34. The van der Waals surface area contributed by atoms with E-state index in [2.05, 4.69) is 19.7 Å². The SMILES string of the molecule is CSNc1cnc2cccnc2n1. The van der Waals surface area contributed by atoms with Crippen LogP contribution in [0.4, 0.5) is 5.82 Å². The summed E-state index contributed by atoms with van der Waals surface area (Å²) >= 11 is 1.48. The maximum atomic E-state index is 4.26. The van der Waals surface area contributed by atoms with Crippen LogP contribution in [0.5, 0.6) is 0 Å². The molecule has 0 unspecified atom stereocenters. The number of hydrogen-bond donors (Lipinski definition) is 1. The topological polar surface area (TPSA) is 50.7 Å². The number of pyridine rings is 1. The molecule has 13 heavy (non-hydrogen) atoms. The summed E-state index contributed by atoms with van der Waals surface area (Å²) in [6.45, 7) is 0. The summed E-state index contributed by atoms with van der Waals surface area (Å²) in [5, 5.41) is 0. The standard InChI is InChI=1S/C8H8N4S/c1-13-12-7-5-10-6-3-2-4-9-8(6)11-7/h2-5H,1H3,(H,9,11,12). The van der Waals surface area contributed by atoms with Gasteiger partial charge >= 0.3 is 0 Å². The smallest absolute Gasteiger partial charge is 0.180 e. The number of nitrogens with one attached hydrogen (secondary N) is 1. The third-order valence-electron chi connectivity index (χ3n) is 1.52. The van der Waals surface area contributed by atoms with E-state index in [0.29, 0.717) is 5.65 Å². The van der Waals surface area contributed by atoms with Crippen molar-refractivity contribution >= 4 is 28.9 Å². The maximum absolute atomic E-state index is 4.26. The molecule has 2 rings (SSSR count). The first-order valence-electron chi connectivity index (χ1n) is 3.77. The van der Waals surface area contributed by atoms with Gasteiger partial charge in [0.2, 0.25) is 0 Å². The van der Waals surface area contributed by atoms with Gasteiger partial charge in [-0.05, 0) is 12.1 Å². The molecule has 0 aliphatic rings. The molecule has 0 saturated carbocycles. The van der Waals surface area contributed by atoms with E-state index in [1.807, 2.05) is 18.4 Å². The van der Waals surface area contributed by atoms with Gasteiger partial charge in [-0.15, -0.1) is 0 Å². The largest absolute Gasteiger partial charge is 0.313 e. The fourth-order valence-corrected chi connectivity index (χ4v) is 1.31. The molecular formula is C8H8N4S. The van der Waals surface area contributed by atoms with Gasteiger partial charge in [0.15, 0.2) is 11.5 Å². The van der Waals surface area contributed by atoms with Crippen LogP contribution in [0.25, 0.3) is 11.2 Å². The van der Waals surface area contributed by atoms with E-state index < -0.39 is 0 Å². The lowest BCUT2D eigenvalue weighted by Gasteiger charge is -2.00. The molecule has 1 N–H and O–H groups in total. The summed E-state index contributed by atoms with van der Waals surface area (Å²) in [4.78, 5) is 12.6. The van der Waals surface area contributed by atoms with E-state index >= 15 is 0 Å². The molecule has 0 fully saturated rings. The van der Waals surface area contributed by atoms with E-state index in [9.17, 15) is 0 Å². The monoisotopic (exact) mass is 192 g/mol. The van der Waals surface area contributed by atoms with Gasteiger partial charge in [-0.2, -0.15) is 0 Å². The highest BCUT2D eigenvalue weighted by atomic mass is 32.2. The Morgan fingerprint density at radius 1 is 1.38 bits per heavy atom. The van der Waals surface area contributed by atoms with Crippen molar-refractivity contribution in [1.82, 2.24) is 15.0 Å². The van der Waals surface area contributed by atoms with Crippen LogP contribution in [0.15, 0.2) is 24.5 Å². The minimum absolute atomic E-state index is 0.668. The third-order valence-corrected chi connectivity index (χ3v) is 1.94. The van der Waals surface area contributed by atoms with Crippen molar-refractivity contribution < 1.29 is 0 Å². The first kappa shape index (κ1) is 8.25. The Balaban J connectivity index is 2.49. The quantitative estimate of drug-likeness (QED) is 0.734. The molecule has 0 atom stereocenters. The predicted molar refractivity (Wildman–Crippen MR) is 54.5 cm³/mol. The second-order valence-electron chi connectivity index (χ2n) is 2.41. The van der Waals surface area contributed by atoms with Gasteiger partial charge in [-0.3, -0.25) is 0 Å². The van der Waals surface area contributed by atoms with E-state index in [4.69, 9.17) is 0 Å². The zero-order valence-electron chi connectivity index (χ0n) is 7.06. The second kappa shape index (κ2) is 3.57. The molecule has 2 aromatic heterocycles. The zero-order valence-corrected chi connectivity index (χ0v) is 7.88. The average Bonchev–Trinajstić information content (AvgIpc) is 2.18. The maximum Gasteiger partial charge on any atom is 0.180 e. The number of aromatic nitrogens is 3. The predicted octanol–water partition coefficient (Wildman–Crippen LogP) is 1.71. The Labute approximate surface area is 79.9 Å². The fraction of sp³-hybridized carbons (Fsp3) is 0.125. The third kappa shape index (κ3) is 1.70. The van der Waals surface area contributed by atoms with Gasteiger partial charge < -0.3 is 4.72 Å². The first-order valence-corrected chi connectivity index (χ1v) is 4.99. The molecule has 2 heterocycles. The normalized spacial score (nSPS) is 10.2. The molecule has 4 nitrogen and oxygen atoms in total. The van der Waals surface area contributed by atoms with Gasteiger partial charge in [0.05, 0.1) is 6.20 Å². The first-order chi connectivity index (χ1) is 6.40. The van der Waals surface area contributed by atoms with Crippen LogP contribution in [0.1, 0.15) is 0 Å². The van der Waals surface area contributed by atoms with Crippen molar-refractivity contribution in [2.75, 3.05) is 11.0 Å². The molecule has 0 radical (unpaired) electrons. The highest BCUT2D eigenvalue weighted by Crippen LogP contribution is 2.10. The van der Waals surface area contributed by atoms with Crippen LogP contribution in [0.3, 0.4) is 0 Å². The lowest BCUT2D eigenvalue weighted by molar-refractivity contribution is 1.23. The molecule has 5 heteroatoms. The van der Waals surface area contributed by atoms with Gasteiger partial charge in [0.1, 0.15) is 5.52 Å². The number of hydrogen-bond acceptors (Lipinski definition) is 5. The summed E-state index contributed by atoms with van der Waals surface area (Å²) < 4.78 is 3.00. The second-order valence-corrected chi connectivity index (χ2v) is 3.02. The van der Waals surface area contributed by atoms with Gasteiger partial charge in [-0.1, -0.05) is 11.9 Å². The lowest BCUT2D eigenvalue weighted by atomic mass is 10.4. The number of anilines is 1. The molecule has 0 aliphatic heterocycles. The van der Waals surface area contributed by atoms with Crippen molar-refractivity contribution in [3.63, 3.8) is 0 Å². The van der Waals surface area contributed by atoms with Crippen molar-refractivity contribution in [2.24, 2.45) is 0 Å². The van der Waals surface area contributed by atoms with Crippen molar-refractivity contribution in [3.05, 3.63) is 24.5 Å².